The Balaban J connectivity index is 3.10. The summed E-state index contributed by atoms with van der Waals surface area (Å²) >= 11 is 5.96. The zero-order valence-corrected chi connectivity index (χ0v) is 11.1. The van der Waals surface area contributed by atoms with Crippen LogP contribution in [0.2, 0.25) is 5.02 Å². The maximum Gasteiger partial charge on any atom is 0.242 e. The molecular formula is C12H18ClN3O. The molecule has 5 heteroatoms. The van der Waals surface area contributed by atoms with E-state index >= 15 is 0 Å². The van der Waals surface area contributed by atoms with E-state index in [1.807, 2.05) is 13.8 Å². The fraction of sp³-hybridized carbons (Fsp3) is 0.417. The van der Waals surface area contributed by atoms with Crippen molar-refractivity contribution >= 4 is 28.9 Å². The number of halogens is 1. The standard InChI is InChI=1S/C12H18ClN3O/c1-4-12(3,11(15)17)16-10-6-8(13)9(14)5-7(10)2/h5-6,16H,4,14H2,1-3H3,(H2,15,17). The maximum atomic E-state index is 11.4. The number of anilines is 2. The number of benzene rings is 1. The van der Waals surface area contributed by atoms with Crippen LogP contribution in [0.4, 0.5) is 11.4 Å². The molecule has 1 rings (SSSR count). The molecule has 1 atom stereocenters. The van der Waals surface area contributed by atoms with Crippen molar-refractivity contribution in [2.45, 2.75) is 32.7 Å². The Morgan fingerprint density at radius 1 is 1.53 bits per heavy atom. The predicted molar refractivity (Wildman–Crippen MR) is 72.1 cm³/mol. The van der Waals surface area contributed by atoms with Crippen LogP contribution < -0.4 is 16.8 Å². The maximum absolute atomic E-state index is 11.4. The minimum Gasteiger partial charge on any atom is -0.398 e. The Labute approximate surface area is 106 Å². The highest BCUT2D eigenvalue weighted by Crippen LogP contribution is 2.29. The topological polar surface area (TPSA) is 81.1 Å². The number of amides is 1. The summed E-state index contributed by atoms with van der Waals surface area (Å²) in [6.07, 6.45) is 0.587. The molecule has 94 valence electrons. The van der Waals surface area contributed by atoms with Gasteiger partial charge in [-0.3, -0.25) is 4.79 Å². The number of hydrogen-bond acceptors (Lipinski definition) is 3. The fourth-order valence-electron chi connectivity index (χ4n) is 1.46. The van der Waals surface area contributed by atoms with Crippen molar-refractivity contribution in [1.29, 1.82) is 0 Å². The Kier molecular flexibility index (Phi) is 3.88. The van der Waals surface area contributed by atoms with Crippen LogP contribution in [-0.2, 0) is 4.79 Å². The van der Waals surface area contributed by atoms with Gasteiger partial charge in [-0.05, 0) is 38.0 Å². The average molecular weight is 256 g/mol. The SMILES string of the molecule is CCC(C)(Nc1cc(Cl)c(N)cc1C)C(N)=O. The lowest BCUT2D eigenvalue weighted by atomic mass is 9.97. The van der Waals surface area contributed by atoms with E-state index in [4.69, 9.17) is 23.1 Å². The number of carbonyl (C=O) groups is 1. The zero-order valence-electron chi connectivity index (χ0n) is 10.3. The Morgan fingerprint density at radius 3 is 2.59 bits per heavy atom. The monoisotopic (exact) mass is 255 g/mol. The van der Waals surface area contributed by atoms with Crippen molar-refractivity contribution in [3.8, 4) is 0 Å². The number of nitrogens with one attached hydrogen (secondary N) is 1. The Hall–Kier alpha value is -1.42. The van der Waals surface area contributed by atoms with Crippen LogP contribution in [0.15, 0.2) is 12.1 Å². The fourth-order valence-corrected chi connectivity index (χ4v) is 1.62. The van der Waals surface area contributed by atoms with Gasteiger partial charge in [0, 0.05) is 5.69 Å². The molecule has 0 bridgehead atoms. The lowest BCUT2D eigenvalue weighted by Gasteiger charge is -2.28. The summed E-state index contributed by atoms with van der Waals surface area (Å²) in [5.41, 5.74) is 12.5. The van der Waals surface area contributed by atoms with Crippen molar-refractivity contribution in [3.05, 3.63) is 22.7 Å². The van der Waals surface area contributed by atoms with Gasteiger partial charge in [0.15, 0.2) is 0 Å². The molecule has 5 N–H and O–H groups in total. The number of rotatable bonds is 4. The minimum absolute atomic E-state index is 0.396. The third kappa shape index (κ3) is 2.82. The third-order valence-electron chi connectivity index (χ3n) is 3.01. The quantitative estimate of drug-likeness (QED) is 0.722. The number of nitrogen functional groups attached to an aromatic ring is 1. The van der Waals surface area contributed by atoms with E-state index in [1.54, 1.807) is 19.1 Å². The van der Waals surface area contributed by atoms with Gasteiger partial charge in [-0.2, -0.15) is 0 Å². The first-order valence-corrected chi connectivity index (χ1v) is 5.81. The van der Waals surface area contributed by atoms with Crippen LogP contribution in [0, 0.1) is 6.92 Å². The summed E-state index contributed by atoms with van der Waals surface area (Å²) in [6.45, 7) is 5.55. The summed E-state index contributed by atoms with van der Waals surface area (Å²) in [7, 11) is 0. The molecule has 0 fully saturated rings. The van der Waals surface area contributed by atoms with Crippen LogP contribution in [0.1, 0.15) is 25.8 Å². The van der Waals surface area contributed by atoms with Crippen LogP contribution in [0.25, 0.3) is 0 Å². The molecule has 4 nitrogen and oxygen atoms in total. The molecule has 0 saturated heterocycles. The molecule has 1 aromatic rings. The van der Waals surface area contributed by atoms with E-state index in [2.05, 4.69) is 5.32 Å². The molecule has 0 aliphatic heterocycles. The summed E-state index contributed by atoms with van der Waals surface area (Å²) < 4.78 is 0. The summed E-state index contributed by atoms with van der Waals surface area (Å²) in [6, 6.07) is 3.48. The van der Waals surface area contributed by atoms with E-state index in [0.29, 0.717) is 17.1 Å². The van der Waals surface area contributed by atoms with Crippen molar-refractivity contribution in [2.24, 2.45) is 5.73 Å². The molecule has 0 aliphatic carbocycles. The minimum atomic E-state index is -0.787. The number of aryl methyl sites for hydroxylation is 1. The lowest BCUT2D eigenvalue weighted by molar-refractivity contribution is -0.121. The van der Waals surface area contributed by atoms with Crippen molar-refractivity contribution < 1.29 is 4.79 Å². The highest BCUT2D eigenvalue weighted by Gasteiger charge is 2.29. The summed E-state index contributed by atoms with van der Waals surface area (Å²) in [4.78, 5) is 11.4. The molecule has 17 heavy (non-hydrogen) atoms. The molecule has 0 aliphatic rings. The van der Waals surface area contributed by atoms with Gasteiger partial charge in [0.05, 0.1) is 10.7 Å². The molecular weight excluding hydrogens is 238 g/mol. The van der Waals surface area contributed by atoms with E-state index in [0.717, 1.165) is 11.3 Å². The van der Waals surface area contributed by atoms with Gasteiger partial charge >= 0.3 is 0 Å². The smallest absolute Gasteiger partial charge is 0.242 e. The number of primary amides is 1. The number of nitrogens with two attached hydrogens (primary N) is 2. The van der Waals surface area contributed by atoms with Gasteiger partial charge in [-0.1, -0.05) is 18.5 Å². The molecule has 0 radical (unpaired) electrons. The molecule has 0 heterocycles. The van der Waals surface area contributed by atoms with E-state index < -0.39 is 11.4 Å². The Bertz CT molecular complexity index is 448. The second-order valence-corrected chi connectivity index (χ2v) is 4.77. The van der Waals surface area contributed by atoms with E-state index in [-0.39, 0.29) is 0 Å². The Morgan fingerprint density at radius 2 is 2.12 bits per heavy atom. The van der Waals surface area contributed by atoms with Gasteiger partial charge in [-0.25, -0.2) is 0 Å². The molecule has 0 saturated carbocycles. The van der Waals surface area contributed by atoms with Gasteiger partial charge in [0.25, 0.3) is 0 Å². The molecule has 1 unspecified atom stereocenters. The van der Waals surface area contributed by atoms with Crippen LogP contribution in [0.3, 0.4) is 0 Å². The second-order valence-electron chi connectivity index (χ2n) is 4.36. The van der Waals surface area contributed by atoms with Crippen molar-refractivity contribution in [1.82, 2.24) is 0 Å². The van der Waals surface area contributed by atoms with Crippen molar-refractivity contribution in [3.63, 3.8) is 0 Å². The second kappa shape index (κ2) is 4.84. The first-order chi connectivity index (χ1) is 7.80. The number of carbonyl (C=O) groups excluding carboxylic acids is 1. The molecule has 1 aromatic carbocycles. The molecule has 1 amide bonds. The van der Waals surface area contributed by atoms with Gasteiger partial charge in [-0.15, -0.1) is 0 Å². The first-order valence-electron chi connectivity index (χ1n) is 5.44. The normalized spacial score (nSPS) is 14.1. The highest BCUT2D eigenvalue weighted by molar-refractivity contribution is 6.33. The van der Waals surface area contributed by atoms with Gasteiger partial charge in [0.1, 0.15) is 5.54 Å². The van der Waals surface area contributed by atoms with Gasteiger partial charge in [0.2, 0.25) is 5.91 Å². The zero-order chi connectivity index (χ0) is 13.2. The largest absolute Gasteiger partial charge is 0.398 e. The molecule has 0 aromatic heterocycles. The predicted octanol–water partition coefficient (Wildman–Crippen LogP) is 2.30. The molecule has 0 spiro atoms. The number of hydrogen-bond donors (Lipinski definition) is 3. The van der Waals surface area contributed by atoms with Crippen LogP contribution >= 0.6 is 11.6 Å². The first kappa shape index (κ1) is 13.6. The lowest BCUT2D eigenvalue weighted by Crippen LogP contribution is -2.47. The summed E-state index contributed by atoms with van der Waals surface area (Å²) in [5.74, 6) is -0.396. The summed E-state index contributed by atoms with van der Waals surface area (Å²) in [5, 5.41) is 3.59. The van der Waals surface area contributed by atoms with Crippen LogP contribution in [0.5, 0.6) is 0 Å². The van der Waals surface area contributed by atoms with Crippen molar-refractivity contribution in [2.75, 3.05) is 11.1 Å². The van der Waals surface area contributed by atoms with E-state index in [9.17, 15) is 4.79 Å². The van der Waals surface area contributed by atoms with E-state index in [1.165, 1.54) is 0 Å². The third-order valence-corrected chi connectivity index (χ3v) is 3.33. The van der Waals surface area contributed by atoms with Gasteiger partial charge < -0.3 is 16.8 Å². The average Bonchev–Trinajstić information content (AvgIpc) is 2.25. The highest BCUT2D eigenvalue weighted by atomic mass is 35.5. The van der Waals surface area contributed by atoms with Crippen LogP contribution in [-0.4, -0.2) is 11.4 Å².